The molecule has 6 rings (SSSR count). The normalized spacial score (nSPS) is 18.7. The van der Waals surface area contributed by atoms with Gasteiger partial charge in [0.25, 0.3) is 0 Å². The van der Waals surface area contributed by atoms with Gasteiger partial charge in [-0.2, -0.15) is 0 Å². The van der Waals surface area contributed by atoms with E-state index in [4.69, 9.17) is 14.2 Å². The lowest BCUT2D eigenvalue weighted by atomic mass is 10.0. The van der Waals surface area contributed by atoms with Gasteiger partial charge >= 0.3 is 6.09 Å². The summed E-state index contributed by atoms with van der Waals surface area (Å²) < 4.78 is 31.6. The van der Waals surface area contributed by atoms with Gasteiger partial charge in [0, 0.05) is 48.5 Å². The van der Waals surface area contributed by atoms with Crippen molar-refractivity contribution in [3.8, 4) is 23.0 Å². The molecule has 3 aromatic carbocycles. The smallest absolute Gasteiger partial charge is 0.415 e. The van der Waals surface area contributed by atoms with Gasteiger partial charge < -0.3 is 29.7 Å². The van der Waals surface area contributed by atoms with Gasteiger partial charge in [0.2, 0.25) is 11.8 Å². The number of fused-ring (bicyclic) bond motifs is 1. The Morgan fingerprint density at radius 2 is 1.57 bits per heavy atom. The number of likely N-dealkylation sites (N-methyl/N-ethyl adjacent to an activating group) is 1. The van der Waals surface area contributed by atoms with Crippen molar-refractivity contribution in [3.63, 3.8) is 0 Å². The molecular weight excluding hydrogens is 605 g/mol. The van der Waals surface area contributed by atoms with Crippen LogP contribution in [0.2, 0.25) is 0 Å². The minimum atomic E-state index is -1.25. The number of nitrogens with zero attached hydrogens (tertiary/aromatic N) is 3. The van der Waals surface area contributed by atoms with Crippen molar-refractivity contribution >= 4 is 40.2 Å². The van der Waals surface area contributed by atoms with E-state index in [2.05, 4.69) is 20.5 Å². The molecule has 244 valence electrons. The number of methoxy groups -OCH3 is 1. The summed E-state index contributed by atoms with van der Waals surface area (Å²) in [5, 5.41) is 5.96. The Balaban J connectivity index is 1.14. The van der Waals surface area contributed by atoms with Gasteiger partial charge in [-0.05, 0) is 82.3 Å². The maximum Gasteiger partial charge on any atom is 0.415 e. The molecule has 0 spiro atoms. The van der Waals surface area contributed by atoms with Crippen LogP contribution in [0.25, 0.3) is 10.9 Å². The minimum Gasteiger partial charge on any atom is -0.493 e. The van der Waals surface area contributed by atoms with Gasteiger partial charge in [0.15, 0.2) is 11.5 Å². The average molecular weight is 642 g/mol. The Kier molecular flexibility index (Phi) is 8.69. The third-order valence-electron chi connectivity index (χ3n) is 8.58. The van der Waals surface area contributed by atoms with Crippen molar-refractivity contribution in [1.82, 2.24) is 14.8 Å². The summed E-state index contributed by atoms with van der Waals surface area (Å²) in [4.78, 5) is 47.5. The van der Waals surface area contributed by atoms with Crippen molar-refractivity contribution in [2.24, 2.45) is 5.41 Å². The highest BCUT2D eigenvalue weighted by Gasteiger charge is 2.56. The number of ether oxygens (including phenoxy) is 3. The molecule has 2 unspecified atom stereocenters. The van der Waals surface area contributed by atoms with Gasteiger partial charge in [0.05, 0.1) is 18.3 Å². The Labute approximate surface area is 271 Å². The molecule has 1 aromatic heterocycles. The molecule has 2 N–H and O–H groups in total. The van der Waals surface area contributed by atoms with Crippen LogP contribution >= 0.6 is 0 Å². The SMILES string of the molecule is COc1cc2c(Oc3ccc(NC(=O)C4(C(=O)Nc5ccccc5F)CC4)cc3)ccnc2cc1OC(=O)N1C(C)CN(C)CC1C. The maximum atomic E-state index is 14.0. The number of benzene rings is 3. The Bertz CT molecular complexity index is 1820. The minimum absolute atomic E-state index is 0.0135. The second-order valence-corrected chi connectivity index (χ2v) is 12.1. The lowest BCUT2D eigenvalue weighted by Crippen LogP contribution is -2.58. The summed E-state index contributed by atoms with van der Waals surface area (Å²) in [6.07, 6.45) is 1.88. The predicted octanol–water partition coefficient (Wildman–Crippen LogP) is 6.06. The fourth-order valence-electron chi connectivity index (χ4n) is 6.02. The van der Waals surface area contributed by atoms with E-state index in [1.807, 2.05) is 20.9 Å². The number of halogens is 1. The lowest BCUT2D eigenvalue weighted by Gasteiger charge is -2.42. The number of anilines is 2. The van der Waals surface area contributed by atoms with Crippen LogP contribution in [0.1, 0.15) is 26.7 Å². The highest BCUT2D eigenvalue weighted by atomic mass is 19.1. The molecule has 4 aromatic rings. The molecule has 1 saturated carbocycles. The van der Waals surface area contributed by atoms with Crippen LogP contribution < -0.4 is 24.8 Å². The number of nitrogens with one attached hydrogen (secondary N) is 2. The first-order valence-electron chi connectivity index (χ1n) is 15.4. The summed E-state index contributed by atoms with van der Waals surface area (Å²) >= 11 is 0. The van der Waals surface area contributed by atoms with Crippen LogP contribution in [-0.4, -0.2) is 72.0 Å². The zero-order valence-electron chi connectivity index (χ0n) is 26.6. The third kappa shape index (κ3) is 6.54. The maximum absolute atomic E-state index is 14.0. The molecule has 1 saturated heterocycles. The number of piperazine rings is 1. The number of hydrogen-bond acceptors (Lipinski definition) is 8. The van der Waals surface area contributed by atoms with E-state index < -0.39 is 29.1 Å². The largest absolute Gasteiger partial charge is 0.493 e. The lowest BCUT2D eigenvalue weighted by molar-refractivity contribution is -0.131. The molecule has 0 radical (unpaired) electrons. The predicted molar refractivity (Wildman–Crippen MR) is 174 cm³/mol. The molecule has 12 heteroatoms. The van der Waals surface area contributed by atoms with Crippen LogP contribution in [0.5, 0.6) is 23.0 Å². The Morgan fingerprint density at radius 1 is 0.894 bits per heavy atom. The molecule has 2 aliphatic rings. The van der Waals surface area contributed by atoms with Crippen LogP contribution in [0.4, 0.5) is 20.6 Å². The first-order valence-corrected chi connectivity index (χ1v) is 15.4. The monoisotopic (exact) mass is 641 g/mol. The molecule has 3 amide bonds. The molecule has 0 bridgehead atoms. The second-order valence-electron chi connectivity index (χ2n) is 12.1. The number of rotatable bonds is 8. The number of hydrogen-bond donors (Lipinski definition) is 2. The molecule has 2 heterocycles. The van der Waals surface area contributed by atoms with E-state index in [1.165, 1.54) is 25.3 Å². The average Bonchev–Trinajstić information content (AvgIpc) is 3.85. The van der Waals surface area contributed by atoms with E-state index in [9.17, 15) is 18.8 Å². The zero-order valence-corrected chi connectivity index (χ0v) is 26.6. The van der Waals surface area contributed by atoms with Crippen LogP contribution in [-0.2, 0) is 9.59 Å². The van der Waals surface area contributed by atoms with Gasteiger partial charge in [-0.15, -0.1) is 0 Å². The third-order valence-corrected chi connectivity index (χ3v) is 8.58. The highest BCUT2D eigenvalue weighted by molar-refractivity contribution is 6.17. The summed E-state index contributed by atoms with van der Waals surface area (Å²) in [6, 6.07) is 17.6. The first kappa shape index (κ1) is 31.7. The highest BCUT2D eigenvalue weighted by Crippen LogP contribution is 2.48. The van der Waals surface area contributed by atoms with Crippen LogP contribution in [0.3, 0.4) is 0 Å². The van der Waals surface area contributed by atoms with Gasteiger partial charge in [-0.3, -0.25) is 19.5 Å². The fraction of sp³-hybridized carbons (Fsp3) is 0.314. The van der Waals surface area contributed by atoms with E-state index in [0.29, 0.717) is 46.7 Å². The van der Waals surface area contributed by atoms with Crippen molar-refractivity contribution in [2.75, 3.05) is 37.9 Å². The second kappa shape index (κ2) is 12.9. The summed E-state index contributed by atoms with van der Waals surface area (Å²) in [5.41, 5.74) is -0.200. The molecule has 2 atom stereocenters. The van der Waals surface area contributed by atoms with Gasteiger partial charge in [-0.25, -0.2) is 9.18 Å². The number of pyridine rings is 1. The van der Waals surface area contributed by atoms with Crippen molar-refractivity contribution < 1.29 is 33.0 Å². The number of carbonyl (C=O) groups is 3. The van der Waals surface area contributed by atoms with Crippen LogP contribution in [0.15, 0.2) is 72.9 Å². The number of aromatic nitrogens is 1. The Morgan fingerprint density at radius 3 is 2.23 bits per heavy atom. The van der Waals surface area contributed by atoms with Gasteiger partial charge in [-0.1, -0.05) is 12.1 Å². The molecule has 47 heavy (non-hydrogen) atoms. The molecule has 2 fully saturated rings. The Hall–Kier alpha value is -5.23. The number of carbonyl (C=O) groups excluding carboxylic acids is 3. The summed E-state index contributed by atoms with van der Waals surface area (Å²) in [6.45, 7) is 5.49. The van der Waals surface area contributed by atoms with E-state index in [0.717, 1.165) is 13.1 Å². The summed E-state index contributed by atoms with van der Waals surface area (Å²) in [7, 11) is 3.53. The van der Waals surface area contributed by atoms with E-state index in [-0.39, 0.29) is 23.5 Å². The zero-order chi connectivity index (χ0) is 33.3. The molecule has 11 nitrogen and oxygen atoms in total. The molecule has 1 aliphatic carbocycles. The first-order chi connectivity index (χ1) is 22.6. The van der Waals surface area contributed by atoms with Crippen molar-refractivity contribution in [2.45, 2.75) is 38.8 Å². The van der Waals surface area contributed by atoms with Crippen molar-refractivity contribution in [1.29, 1.82) is 0 Å². The van der Waals surface area contributed by atoms with Crippen molar-refractivity contribution in [3.05, 3.63) is 78.7 Å². The van der Waals surface area contributed by atoms with Crippen LogP contribution in [0, 0.1) is 11.2 Å². The van der Waals surface area contributed by atoms with E-state index >= 15 is 0 Å². The molecule has 1 aliphatic heterocycles. The molecular formula is C35H36FN5O6. The quantitative estimate of drug-likeness (QED) is 0.223. The number of amides is 3. The fourth-order valence-corrected chi connectivity index (χ4v) is 6.02. The number of para-hydroxylation sites is 1. The van der Waals surface area contributed by atoms with Gasteiger partial charge in [0.1, 0.15) is 22.7 Å². The summed E-state index contributed by atoms with van der Waals surface area (Å²) in [5.74, 6) is 0.0185. The standard InChI is InChI=1S/C35H36FN5O6/c1-21-19-40(3)20-22(2)41(21)34(44)47-31-18-28-25(17-30(31)45-4)29(13-16-37-28)46-24-11-9-23(10-12-24)38-32(42)35(14-15-35)33(43)39-27-8-6-5-7-26(27)36/h5-13,16-18,21-22H,14-15,19-20H2,1-4H3,(H,38,42)(H,39,43). The topological polar surface area (TPSA) is 122 Å². The van der Waals surface area contributed by atoms with E-state index in [1.54, 1.807) is 59.6 Å².